The SMILES string of the molecule is NC(=O)C(F)C1CCC(F)(F)CC1. The number of carbonyl (C=O) groups excluding carboxylic acids is 1. The standard InChI is InChI=1S/C8H12F3NO/c9-6(7(12)13)5-1-3-8(10,11)4-2-5/h5-6H,1-4H2,(H2,12,13). The van der Waals surface area contributed by atoms with E-state index in [4.69, 9.17) is 5.73 Å². The van der Waals surface area contributed by atoms with E-state index in [2.05, 4.69) is 0 Å². The van der Waals surface area contributed by atoms with Gasteiger partial charge < -0.3 is 5.73 Å². The maximum Gasteiger partial charge on any atom is 0.252 e. The maximum atomic E-state index is 12.9. The average Bonchev–Trinajstić information content (AvgIpc) is 2.03. The van der Waals surface area contributed by atoms with Crippen LogP contribution in [-0.2, 0) is 4.79 Å². The fourth-order valence-corrected chi connectivity index (χ4v) is 1.59. The van der Waals surface area contributed by atoms with Gasteiger partial charge in [0.1, 0.15) is 0 Å². The molecule has 0 aromatic rings. The zero-order valence-electron chi connectivity index (χ0n) is 7.10. The first-order valence-corrected chi connectivity index (χ1v) is 4.23. The van der Waals surface area contributed by atoms with Crippen molar-refractivity contribution in [2.24, 2.45) is 11.7 Å². The Morgan fingerprint density at radius 1 is 1.38 bits per heavy atom. The lowest BCUT2D eigenvalue weighted by atomic mass is 9.83. The van der Waals surface area contributed by atoms with Crippen LogP contribution in [0.15, 0.2) is 0 Å². The lowest BCUT2D eigenvalue weighted by Crippen LogP contribution is -2.36. The molecule has 1 saturated carbocycles. The van der Waals surface area contributed by atoms with Crippen molar-refractivity contribution in [1.29, 1.82) is 0 Å². The van der Waals surface area contributed by atoms with Crippen molar-refractivity contribution in [2.45, 2.75) is 37.8 Å². The summed E-state index contributed by atoms with van der Waals surface area (Å²) in [4.78, 5) is 10.4. The molecule has 1 aliphatic carbocycles. The van der Waals surface area contributed by atoms with Crippen LogP contribution in [0, 0.1) is 5.92 Å². The molecule has 2 N–H and O–H groups in total. The zero-order valence-corrected chi connectivity index (χ0v) is 7.10. The first kappa shape index (κ1) is 10.3. The van der Waals surface area contributed by atoms with Crippen molar-refractivity contribution in [1.82, 2.24) is 0 Å². The van der Waals surface area contributed by atoms with Crippen LogP contribution in [0.4, 0.5) is 13.2 Å². The largest absolute Gasteiger partial charge is 0.367 e. The van der Waals surface area contributed by atoms with Crippen LogP contribution in [0.3, 0.4) is 0 Å². The van der Waals surface area contributed by atoms with Gasteiger partial charge in [-0.1, -0.05) is 0 Å². The molecule has 0 spiro atoms. The van der Waals surface area contributed by atoms with E-state index in [1.54, 1.807) is 0 Å². The first-order valence-electron chi connectivity index (χ1n) is 4.23. The van der Waals surface area contributed by atoms with Crippen LogP contribution in [0.25, 0.3) is 0 Å². The molecule has 13 heavy (non-hydrogen) atoms. The average molecular weight is 195 g/mol. The summed E-state index contributed by atoms with van der Waals surface area (Å²) < 4.78 is 38.2. The molecule has 1 aliphatic rings. The number of primary amides is 1. The van der Waals surface area contributed by atoms with Gasteiger partial charge in [0.2, 0.25) is 5.92 Å². The number of hydrogen-bond donors (Lipinski definition) is 1. The smallest absolute Gasteiger partial charge is 0.252 e. The Hall–Kier alpha value is -0.740. The number of halogens is 3. The summed E-state index contributed by atoms with van der Waals surface area (Å²) in [5.41, 5.74) is 4.73. The van der Waals surface area contributed by atoms with E-state index in [0.29, 0.717) is 0 Å². The maximum absolute atomic E-state index is 12.9. The van der Waals surface area contributed by atoms with Gasteiger partial charge in [-0.3, -0.25) is 4.79 Å². The number of carbonyl (C=O) groups is 1. The van der Waals surface area contributed by atoms with E-state index in [1.807, 2.05) is 0 Å². The Morgan fingerprint density at radius 3 is 2.23 bits per heavy atom. The summed E-state index contributed by atoms with van der Waals surface area (Å²) in [6.45, 7) is 0. The second kappa shape index (κ2) is 3.55. The van der Waals surface area contributed by atoms with E-state index in [1.165, 1.54) is 0 Å². The van der Waals surface area contributed by atoms with Gasteiger partial charge in [-0.2, -0.15) is 0 Å². The van der Waals surface area contributed by atoms with E-state index >= 15 is 0 Å². The number of nitrogens with two attached hydrogens (primary N) is 1. The van der Waals surface area contributed by atoms with Gasteiger partial charge >= 0.3 is 0 Å². The second-order valence-corrected chi connectivity index (χ2v) is 3.50. The van der Waals surface area contributed by atoms with Gasteiger partial charge in [-0.05, 0) is 18.8 Å². The molecule has 76 valence electrons. The predicted octanol–water partition coefficient (Wildman–Crippen LogP) is 1.64. The predicted molar refractivity (Wildman–Crippen MR) is 41.0 cm³/mol. The molecule has 0 aliphatic heterocycles. The molecule has 5 heteroatoms. The van der Waals surface area contributed by atoms with Crippen molar-refractivity contribution in [3.63, 3.8) is 0 Å². The molecule has 1 atom stereocenters. The Labute approximate surface area is 74.3 Å². The Morgan fingerprint density at radius 2 is 1.85 bits per heavy atom. The summed E-state index contributed by atoms with van der Waals surface area (Å²) in [6, 6.07) is 0. The lowest BCUT2D eigenvalue weighted by Gasteiger charge is -2.28. The number of hydrogen-bond acceptors (Lipinski definition) is 1. The van der Waals surface area contributed by atoms with Gasteiger partial charge in [0.15, 0.2) is 6.17 Å². The van der Waals surface area contributed by atoms with Crippen LogP contribution in [0.1, 0.15) is 25.7 Å². The van der Waals surface area contributed by atoms with Crippen molar-refractivity contribution < 1.29 is 18.0 Å². The molecular formula is C8H12F3NO. The molecular weight excluding hydrogens is 183 g/mol. The van der Waals surface area contributed by atoms with E-state index in [9.17, 15) is 18.0 Å². The number of alkyl halides is 3. The number of amides is 1. The summed E-state index contributed by atoms with van der Waals surface area (Å²) in [5.74, 6) is -4.35. The van der Waals surface area contributed by atoms with Crippen LogP contribution in [0.2, 0.25) is 0 Å². The fourth-order valence-electron chi connectivity index (χ4n) is 1.59. The highest BCUT2D eigenvalue weighted by Gasteiger charge is 2.39. The summed E-state index contributed by atoms with van der Waals surface area (Å²) in [7, 11) is 0. The molecule has 0 radical (unpaired) electrons. The third-order valence-corrected chi connectivity index (χ3v) is 2.45. The highest BCUT2D eigenvalue weighted by molar-refractivity contribution is 5.78. The van der Waals surface area contributed by atoms with Gasteiger partial charge in [-0.15, -0.1) is 0 Å². The quantitative estimate of drug-likeness (QED) is 0.715. The van der Waals surface area contributed by atoms with E-state index < -0.39 is 23.9 Å². The van der Waals surface area contributed by atoms with E-state index in [0.717, 1.165) is 0 Å². The summed E-state index contributed by atoms with van der Waals surface area (Å²) >= 11 is 0. The topological polar surface area (TPSA) is 43.1 Å². The minimum Gasteiger partial charge on any atom is -0.367 e. The van der Waals surface area contributed by atoms with Crippen molar-refractivity contribution in [2.75, 3.05) is 0 Å². The summed E-state index contributed by atoms with van der Waals surface area (Å²) in [6.07, 6.45) is -2.37. The lowest BCUT2D eigenvalue weighted by molar-refractivity contribution is -0.127. The van der Waals surface area contributed by atoms with Gasteiger partial charge in [0, 0.05) is 12.8 Å². The Kier molecular flexibility index (Phi) is 2.83. The van der Waals surface area contributed by atoms with Gasteiger partial charge in [0.25, 0.3) is 5.91 Å². The molecule has 0 bridgehead atoms. The van der Waals surface area contributed by atoms with Crippen molar-refractivity contribution >= 4 is 5.91 Å². The molecule has 1 amide bonds. The normalized spacial score (nSPS) is 25.5. The third-order valence-electron chi connectivity index (χ3n) is 2.45. The van der Waals surface area contributed by atoms with Crippen LogP contribution in [-0.4, -0.2) is 18.0 Å². The first-order chi connectivity index (χ1) is 5.92. The van der Waals surface area contributed by atoms with Crippen LogP contribution < -0.4 is 5.73 Å². The van der Waals surface area contributed by atoms with Gasteiger partial charge in [-0.25, -0.2) is 13.2 Å². The van der Waals surface area contributed by atoms with Gasteiger partial charge in [0.05, 0.1) is 0 Å². The molecule has 2 nitrogen and oxygen atoms in total. The highest BCUT2D eigenvalue weighted by atomic mass is 19.3. The molecule has 0 aromatic carbocycles. The highest BCUT2D eigenvalue weighted by Crippen LogP contribution is 2.37. The summed E-state index contributed by atoms with van der Waals surface area (Å²) in [5, 5.41) is 0. The molecule has 0 aromatic heterocycles. The minimum atomic E-state index is -2.69. The third kappa shape index (κ3) is 2.60. The Bertz CT molecular complexity index is 198. The fraction of sp³-hybridized carbons (Fsp3) is 0.875. The molecule has 1 rings (SSSR count). The van der Waals surface area contributed by atoms with Crippen molar-refractivity contribution in [3.05, 3.63) is 0 Å². The van der Waals surface area contributed by atoms with Crippen molar-refractivity contribution in [3.8, 4) is 0 Å². The molecule has 1 fully saturated rings. The van der Waals surface area contributed by atoms with Crippen LogP contribution >= 0.6 is 0 Å². The number of rotatable bonds is 2. The van der Waals surface area contributed by atoms with E-state index in [-0.39, 0.29) is 25.7 Å². The molecule has 1 unspecified atom stereocenters. The molecule has 0 saturated heterocycles. The second-order valence-electron chi connectivity index (χ2n) is 3.50. The monoisotopic (exact) mass is 195 g/mol. The Balaban J connectivity index is 2.45. The van der Waals surface area contributed by atoms with Crippen LogP contribution in [0.5, 0.6) is 0 Å². The minimum absolute atomic E-state index is 0.0388. The zero-order chi connectivity index (χ0) is 10.1. The molecule has 0 heterocycles.